The number of cyclic esters (lactones) is 1. The zero-order chi connectivity index (χ0) is 40.4. The Morgan fingerprint density at radius 3 is 2.44 bits per heavy atom. The van der Waals surface area contributed by atoms with Gasteiger partial charge in [-0.25, -0.2) is 4.79 Å². The topological polar surface area (TPSA) is 163 Å². The van der Waals surface area contributed by atoms with Crippen molar-refractivity contribution in [1.82, 2.24) is 15.2 Å². The summed E-state index contributed by atoms with van der Waals surface area (Å²) in [5, 5.41) is 15.3. The number of carbonyl (C=O) groups excluding carboxylic acids is 4. The quantitative estimate of drug-likeness (QED) is 0.270. The van der Waals surface area contributed by atoms with E-state index in [0.29, 0.717) is 6.42 Å². The predicted octanol–water partition coefficient (Wildman–Crippen LogP) is 5.11. The number of carbonyl (C=O) groups is 4. The number of allylic oxidation sites excluding steroid dienone is 1. The lowest BCUT2D eigenvalue weighted by atomic mass is 9.73. The molecule has 55 heavy (non-hydrogen) atoms. The van der Waals surface area contributed by atoms with Crippen molar-refractivity contribution in [2.24, 2.45) is 23.7 Å². The smallest absolute Gasteiger partial charge is 0.408 e. The zero-order valence-electron chi connectivity index (χ0n) is 33.8. The Hall–Kier alpha value is -3.75. The number of hydrogen-bond acceptors (Lipinski definition) is 12. The molecule has 13 nitrogen and oxygen atoms in total. The van der Waals surface area contributed by atoms with Crippen LogP contribution in [0.1, 0.15) is 79.7 Å². The number of Topliss-reactive ketones (excluding diaryl/α,β-unsaturated/α-hetero) is 2. The number of rotatable bonds is 8. The zero-order valence-corrected chi connectivity index (χ0v) is 33.8. The Morgan fingerprint density at radius 2 is 1.76 bits per heavy atom. The fourth-order valence-corrected chi connectivity index (χ4v) is 8.82. The number of fused-ring (bicyclic) bond motifs is 2. The standard InChI is InChI=1S/C42H59N3O10/c1-11-32-42(7)36(44-40(50)55-42)25(4)33(46)23(2)21-41(6,51-10)37(54-39-35(48)31(45(8)9)19-24(3)52-39)26(5)34(47)29(38(49)53-32)17-14-15-27-20-28-16-12-13-18-30(28)43-22-27/h12-16,18,20,22-26,29,31-32,35-37,39,48H,11,17,19,21H2,1-10H3,(H,44,50)/b15-14+/t23-,24-,25-,26+,29?,31+,32+,35-,36-,37-,39+,41+,42-/m1/s1. The maximum Gasteiger partial charge on any atom is 0.408 e. The summed E-state index contributed by atoms with van der Waals surface area (Å²) >= 11 is 0. The summed E-state index contributed by atoms with van der Waals surface area (Å²) in [6, 6.07) is 8.56. The molecule has 2 N–H and O–H groups in total. The van der Waals surface area contributed by atoms with E-state index < -0.39 is 83.4 Å². The molecule has 5 rings (SSSR count). The number of para-hydroxylation sites is 1. The summed E-state index contributed by atoms with van der Waals surface area (Å²) in [4.78, 5) is 62.8. The summed E-state index contributed by atoms with van der Waals surface area (Å²) in [5.74, 6) is -5.17. The number of nitrogens with one attached hydrogen (secondary N) is 1. The van der Waals surface area contributed by atoms with Gasteiger partial charge in [0.05, 0.1) is 29.4 Å². The van der Waals surface area contributed by atoms with E-state index in [-0.39, 0.29) is 37.2 Å². The second-order valence-corrected chi connectivity index (χ2v) is 16.3. The van der Waals surface area contributed by atoms with E-state index in [2.05, 4.69) is 10.3 Å². The molecule has 13 atom stereocenters. The third-order valence-corrected chi connectivity index (χ3v) is 12.1. The number of aromatic nitrogens is 1. The molecule has 0 aliphatic carbocycles. The fourth-order valence-electron chi connectivity index (χ4n) is 8.82. The number of alkyl carbamates (subject to hydrolysis) is 1. The van der Waals surface area contributed by atoms with Crippen LogP contribution in [0.3, 0.4) is 0 Å². The van der Waals surface area contributed by atoms with Gasteiger partial charge < -0.3 is 39.0 Å². The van der Waals surface area contributed by atoms with Crippen LogP contribution in [0.5, 0.6) is 0 Å². The summed E-state index contributed by atoms with van der Waals surface area (Å²) in [7, 11) is 5.23. The van der Waals surface area contributed by atoms with Gasteiger partial charge in [0.15, 0.2) is 17.7 Å². The van der Waals surface area contributed by atoms with Gasteiger partial charge in [-0.3, -0.25) is 19.4 Å². The lowest BCUT2D eigenvalue weighted by Gasteiger charge is -2.47. The van der Waals surface area contributed by atoms with Crippen molar-refractivity contribution < 1.29 is 48.0 Å². The number of esters is 1. The lowest BCUT2D eigenvalue weighted by molar-refractivity contribution is -0.295. The molecule has 3 fully saturated rings. The van der Waals surface area contributed by atoms with Gasteiger partial charge in [-0.15, -0.1) is 0 Å². The SMILES string of the molecule is CC[C@@H]1OC(=O)C(C/C=C/c2cnc3ccccc3c2)C(=O)[C@H](C)[C@@H](O[C@@H]2O[C@H](C)C[C@H](N(C)C)[C@H]2O)[C@@](C)(OC)C[C@@H](C)C(=O)[C@@H](C)[C@H]2NC(=O)O[C@]12C. The molecular weight excluding hydrogens is 706 g/mol. The van der Waals surface area contributed by atoms with Crippen LogP contribution in [0.2, 0.25) is 0 Å². The predicted molar refractivity (Wildman–Crippen MR) is 206 cm³/mol. The summed E-state index contributed by atoms with van der Waals surface area (Å²) in [5.41, 5.74) is -1.07. The third-order valence-electron chi connectivity index (χ3n) is 12.1. The van der Waals surface area contributed by atoms with Crippen molar-refractivity contribution in [3.05, 3.63) is 48.2 Å². The summed E-state index contributed by atoms with van der Waals surface area (Å²) in [6.07, 6.45) is 0.895. The van der Waals surface area contributed by atoms with Crippen LogP contribution < -0.4 is 5.32 Å². The highest BCUT2D eigenvalue weighted by Crippen LogP contribution is 2.40. The van der Waals surface area contributed by atoms with Crippen molar-refractivity contribution >= 4 is 40.6 Å². The number of likely N-dealkylation sites (N-methyl/N-ethyl adjacent to an activating group) is 1. The molecule has 1 amide bonds. The van der Waals surface area contributed by atoms with Crippen LogP contribution in [-0.2, 0) is 38.1 Å². The first-order valence-corrected chi connectivity index (χ1v) is 19.4. The maximum absolute atomic E-state index is 14.9. The minimum absolute atomic E-state index is 0.0204. The third kappa shape index (κ3) is 8.81. The van der Waals surface area contributed by atoms with E-state index in [1.165, 1.54) is 7.11 Å². The van der Waals surface area contributed by atoms with E-state index in [0.717, 1.165) is 16.5 Å². The second kappa shape index (κ2) is 17.2. The molecule has 0 spiro atoms. The average molecular weight is 766 g/mol. The Bertz CT molecular complexity index is 1750. The number of ether oxygens (including phenoxy) is 5. The highest BCUT2D eigenvalue weighted by Gasteiger charge is 2.57. The summed E-state index contributed by atoms with van der Waals surface area (Å²) < 4.78 is 31.0. The van der Waals surface area contributed by atoms with Crippen LogP contribution in [0.15, 0.2) is 42.6 Å². The summed E-state index contributed by atoms with van der Waals surface area (Å²) in [6.45, 7) is 12.3. The Morgan fingerprint density at radius 1 is 1.05 bits per heavy atom. The average Bonchev–Trinajstić information content (AvgIpc) is 3.47. The molecule has 3 saturated heterocycles. The number of ketones is 2. The number of methoxy groups -OCH3 is 1. The van der Waals surface area contributed by atoms with Crippen LogP contribution in [0.4, 0.5) is 4.79 Å². The molecule has 13 heteroatoms. The molecule has 3 aliphatic heterocycles. The molecule has 0 radical (unpaired) electrons. The Labute approximate surface area is 324 Å². The van der Waals surface area contributed by atoms with Crippen LogP contribution in [-0.4, -0.2) is 114 Å². The normalized spacial score (nSPS) is 38.1. The number of nitrogens with zero attached hydrogens (tertiary/aromatic N) is 2. The van der Waals surface area contributed by atoms with Crippen LogP contribution in [0.25, 0.3) is 17.0 Å². The van der Waals surface area contributed by atoms with Crippen molar-refractivity contribution in [2.75, 3.05) is 21.2 Å². The Kier molecular flexibility index (Phi) is 13.2. The first kappa shape index (κ1) is 42.4. The minimum Gasteiger partial charge on any atom is -0.457 e. The van der Waals surface area contributed by atoms with E-state index >= 15 is 0 Å². The molecule has 302 valence electrons. The monoisotopic (exact) mass is 765 g/mol. The number of pyridine rings is 1. The lowest BCUT2D eigenvalue weighted by Crippen LogP contribution is -2.60. The number of hydrogen-bond donors (Lipinski definition) is 2. The van der Waals surface area contributed by atoms with Crippen LogP contribution >= 0.6 is 0 Å². The first-order valence-electron chi connectivity index (χ1n) is 19.4. The molecule has 3 aliphatic rings. The van der Waals surface area contributed by atoms with E-state index in [9.17, 15) is 24.3 Å². The van der Waals surface area contributed by atoms with E-state index in [1.807, 2.05) is 62.3 Å². The van der Waals surface area contributed by atoms with Gasteiger partial charge >= 0.3 is 12.1 Å². The maximum atomic E-state index is 14.9. The largest absolute Gasteiger partial charge is 0.457 e. The molecule has 0 bridgehead atoms. The van der Waals surface area contributed by atoms with Crippen molar-refractivity contribution in [3.63, 3.8) is 0 Å². The van der Waals surface area contributed by atoms with Crippen molar-refractivity contribution in [1.29, 1.82) is 0 Å². The number of aliphatic hydroxyl groups excluding tert-OH is 1. The van der Waals surface area contributed by atoms with Crippen molar-refractivity contribution in [2.45, 2.75) is 128 Å². The number of aliphatic hydroxyl groups is 1. The van der Waals surface area contributed by atoms with Gasteiger partial charge in [-0.05, 0) is 78.2 Å². The van der Waals surface area contributed by atoms with E-state index in [4.69, 9.17) is 23.7 Å². The highest BCUT2D eigenvalue weighted by molar-refractivity contribution is 6.00. The minimum atomic E-state index is -1.41. The van der Waals surface area contributed by atoms with E-state index in [1.54, 1.807) is 53.8 Å². The molecule has 0 saturated carbocycles. The van der Waals surface area contributed by atoms with Gasteiger partial charge in [0.1, 0.15) is 23.9 Å². The molecule has 4 heterocycles. The molecule has 1 unspecified atom stereocenters. The Balaban J connectivity index is 1.58. The molecular formula is C42H59N3O10. The number of amides is 1. The van der Waals surface area contributed by atoms with Gasteiger partial charge in [0.25, 0.3) is 0 Å². The van der Waals surface area contributed by atoms with Gasteiger partial charge in [-0.1, -0.05) is 58.0 Å². The number of benzene rings is 1. The highest BCUT2D eigenvalue weighted by atomic mass is 16.7. The molecule has 1 aromatic heterocycles. The van der Waals surface area contributed by atoms with Gasteiger partial charge in [-0.2, -0.15) is 0 Å². The first-order chi connectivity index (χ1) is 25.9. The van der Waals surface area contributed by atoms with Gasteiger partial charge in [0, 0.05) is 42.5 Å². The fraction of sp³-hybridized carbons (Fsp3) is 0.643. The molecule has 2 aromatic rings. The van der Waals surface area contributed by atoms with Gasteiger partial charge in [0.2, 0.25) is 0 Å². The second-order valence-electron chi connectivity index (χ2n) is 16.3. The molecule has 1 aromatic carbocycles. The van der Waals surface area contributed by atoms with Crippen molar-refractivity contribution in [3.8, 4) is 0 Å². The van der Waals surface area contributed by atoms with Crippen LogP contribution in [0, 0.1) is 23.7 Å².